The minimum absolute atomic E-state index is 0.0308. The molecule has 5 nitrogen and oxygen atoms in total. The Morgan fingerprint density at radius 1 is 1.41 bits per heavy atom. The second kappa shape index (κ2) is 6.34. The fourth-order valence-electron chi connectivity index (χ4n) is 1.36. The number of nitrogens with one attached hydrogen (secondary N) is 2. The van der Waals surface area contributed by atoms with Crippen LogP contribution in [-0.2, 0) is 16.0 Å². The quantitative estimate of drug-likeness (QED) is 0.477. The van der Waals surface area contributed by atoms with Gasteiger partial charge in [0.15, 0.2) is 4.77 Å². The van der Waals surface area contributed by atoms with Crippen LogP contribution in [0.4, 0.5) is 0 Å². The summed E-state index contributed by atoms with van der Waals surface area (Å²) in [5.74, 6) is -0.391. The third-order valence-corrected chi connectivity index (χ3v) is 2.54. The number of esters is 1. The van der Waals surface area contributed by atoms with Crippen LogP contribution in [0.1, 0.15) is 31.0 Å². The molecule has 6 heteroatoms. The van der Waals surface area contributed by atoms with Gasteiger partial charge in [-0.3, -0.25) is 14.6 Å². The summed E-state index contributed by atoms with van der Waals surface area (Å²) in [5, 5.41) is 0. The number of ether oxygens (including phenoxy) is 1. The maximum atomic E-state index is 11.6. The molecule has 0 aromatic carbocycles. The summed E-state index contributed by atoms with van der Waals surface area (Å²) in [4.78, 5) is 28.3. The molecule has 2 N–H and O–H groups in total. The van der Waals surface area contributed by atoms with E-state index in [9.17, 15) is 9.59 Å². The molecule has 0 aliphatic rings. The number of hydrogen-bond acceptors (Lipinski definition) is 4. The van der Waals surface area contributed by atoms with Crippen molar-refractivity contribution in [3.63, 3.8) is 0 Å². The molecule has 0 radical (unpaired) electrons. The lowest BCUT2D eigenvalue weighted by atomic mass is 10.2. The topological polar surface area (TPSA) is 75.0 Å². The van der Waals surface area contributed by atoms with Gasteiger partial charge in [0.1, 0.15) is 0 Å². The fraction of sp³-hybridized carbons (Fsp3) is 0.545. The third kappa shape index (κ3) is 4.14. The van der Waals surface area contributed by atoms with Gasteiger partial charge in [-0.25, -0.2) is 0 Å². The predicted molar refractivity (Wildman–Crippen MR) is 66.6 cm³/mol. The van der Waals surface area contributed by atoms with E-state index in [4.69, 9.17) is 17.0 Å². The van der Waals surface area contributed by atoms with E-state index in [0.717, 1.165) is 12.8 Å². The van der Waals surface area contributed by atoms with E-state index < -0.39 is 5.97 Å². The molecular formula is C11H16N2O3S. The van der Waals surface area contributed by atoms with Gasteiger partial charge in [0.2, 0.25) is 0 Å². The summed E-state index contributed by atoms with van der Waals surface area (Å²) in [7, 11) is 0. The van der Waals surface area contributed by atoms with Gasteiger partial charge < -0.3 is 9.72 Å². The maximum absolute atomic E-state index is 11.6. The molecule has 1 aromatic rings. The van der Waals surface area contributed by atoms with Crippen LogP contribution in [0, 0.1) is 11.7 Å². The number of unbranched alkanes of at least 4 members (excludes halogenated alkanes) is 1. The zero-order chi connectivity index (χ0) is 12.8. The monoisotopic (exact) mass is 256 g/mol. The Labute approximate surface area is 104 Å². The Morgan fingerprint density at radius 2 is 2.12 bits per heavy atom. The van der Waals surface area contributed by atoms with Crippen LogP contribution < -0.4 is 5.56 Å². The normalized spacial score (nSPS) is 10.2. The molecule has 1 rings (SSSR count). The second-order valence-electron chi connectivity index (χ2n) is 3.76. The van der Waals surface area contributed by atoms with Gasteiger partial charge in [0, 0.05) is 11.3 Å². The van der Waals surface area contributed by atoms with E-state index in [0.29, 0.717) is 17.9 Å². The van der Waals surface area contributed by atoms with Crippen molar-refractivity contribution in [3.8, 4) is 0 Å². The van der Waals surface area contributed by atoms with Crippen LogP contribution in [0.25, 0.3) is 0 Å². The number of H-pyrrole nitrogens is 2. The molecule has 0 unspecified atom stereocenters. The molecule has 1 aromatic heterocycles. The predicted octanol–water partition coefficient (Wildman–Crippen LogP) is 1.63. The molecule has 0 amide bonds. The molecule has 0 fully saturated rings. The van der Waals surface area contributed by atoms with E-state index in [1.54, 1.807) is 6.92 Å². The number of carbonyl (C=O) groups excluding carboxylic acids is 1. The van der Waals surface area contributed by atoms with Crippen LogP contribution in [0.15, 0.2) is 4.79 Å². The van der Waals surface area contributed by atoms with Gasteiger partial charge in [0.05, 0.1) is 13.0 Å². The van der Waals surface area contributed by atoms with Crippen LogP contribution in [0.2, 0.25) is 0 Å². The average Bonchev–Trinajstić information content (AvgIpc) is 2.24. The second-order valence-corrected chi connectivity index (χ2v) is 4.17. The summed E-state index contributed by atoms with van der Waals surface area (Å²) >= 11 is 4.82. The first-order valence-corrected chi connectivity index (χ1v) is 5.93. The number of carbonyl (C=O) groups is 1. The Kier molecular flexibility index (Phi) is 5.09. The van der Waals surface area contributed by atoms with Crippen molar-refractivity contribution in [2.75, 3.05) is 6.61 Å². The van der Waals surface area contributed by atoms with Gasteiger partial charge in [-0.1, -0.05) is 13.3 Å². The van der Waals surface area contributed by atoms with Crippen molar-refractivity contribution >= 4 is 18.2 Å². The highest BCUT2D eigenvalue weighted by Crippen LogP contribution is 2.00. The minimum Gasteiger partial charge on any atom is -0.465 e. The first kappa shape index (κ1) is 13.6. The first-order valence-electron chi connectivity index (χ1n) is 5.52. The van der Waals surface area contributed by atoms with Crippen molar-refractivity contribution in [3.05, 3.63) is 26.4 Å². The molecule has 1 heterocycles. The molecule has 94 valence electrons. The summed E-state index contributed by atoms with van der Waals surface area (Å²) in [6.45, 7) is 4.12. The average molecular weight is 256 g/mol. The van der Waals surface area contributed by atoms with Crippen LogP contribution in [0.5, 0.6) is 0 Å². The highest BCUT2D eigenvalue weighted by molar-refractivity contribution is 7.71. The van der Waals surface area contributed by atoms with Crippen molar-refractivity contribution < 1.29 is 9.53 Å². The molecule has 0 saturated carbocycles. The largest absolute Gasteiger partial charge is 0.465 e. The highest BCUT2D eigenvalue weighted by Gasteiger charge is 2.11. The zero-order valence-corrected chi connectivity index (χ0v) is 10.8. The molecule has 17 heavy (non-hydrogen) atoms. The Hall–Kier alpha value is -1.43. The van der Waals surface area contributed by atoms with Gasteiger partial charge in [-0.15, -0.1) is 0 Å². The van der Waals surface area contributed by atoms with Crippen LogP contribution in [-0.4, -0.2) is 22.5 Å². The zero-order valence-electron chi connectivity index (χ0n) is 9.96. The van der Waals surface area contributed by atoms with Crippen molar-refractivity contribution in [2.45, 2.75) is 33.1 Å². The summed E-state index contributed by atoms with van der Waals surface area (Å²) < 4.78 is 5.25. The first-order chi connectivity index (χ1) is 8.04. The Bertz CT molecular complexity index is 504. The number of rotatable bonds is 5. The third-order valence-electron chi connectivity index (χ3n) is 2.34. The smallest absolute Gasteiger partial charge is 0.310 e. The van der Waals surface area contributed by atoms with Crippen LogP contribution >= 0.6 is 12.2 Å². The molecule has 0 bridgehead atoms. The standard InChI is InChI=1S/C11H16N2O3S/c1-3-4-5-16-9(14)6-8-7(2)12-11(17)13-10(8)15/h3-6H2,1-2H3,(H2,12,13,15,17). The lowest BCUT2D eigenvalue weighted by molar-refractivity contribution is -0.142. The molecular weight excluding hydrogens is 240 g/mol. The van der Waals surface area contributed by atoms with Crippen LogP contribution in [0.3, 0.4) is 0 Å². The van der Waals surface area contributed by atoms with Gasteiger partial charge in [-0.2, -0.15) is 0 Å². The molecule has 0 saturated heterocycles. The number of aromatic amines is 2. The summed E-state index contributed by atoms with van der Waals surface area (Å²) in [5.41, 5.74) is 0.644. The lowest BCUT2D eigenvalue weighted by Crippen LogP contribution is -2.21. The Balaban J connectivity index is 2.72. The number of aromatic nitrogens is 2. The summed E-state index contributed by atoms with van der Waals surface area (Å²) in [6.07, 6.45) is 1.76. The van der Waals surface area contributed by atoms with E-state index in [-0.39, 0.29) is 16.8 Å². The molecule has 0 aliphatic carbocycles. The van der Waals surface area contributed by atoms with Crippen molar-refractivity contribution in [1.82, 2.24) is 9.97 Å². The van der Waals surface area contributed by atoms with E-state index in [2.05, 4.69) is 9.97 Å². The van der Waals surface area contributed by atoms with Gasteiger partial charge in [-0.05, 0) is 25.6 Å². The van der Waals surface area contributed by atoms with Crippen molar-refractivity contribution in [2.24, 2.45) is 0 Å². The number of hydrogen-bond donors (Lipinski definition) is 2. The molecule has 0 aliphatic heterocycles. The summed E-state index contributed by atoms with van der Waals surface area (Å²) in [6, 6.07) is 0. The van der Waals surface area contributed by atoms with Gasteiger partial charge >= 0.3 is 5.97 Å². The van der Waals surface area contributed by atoms with Crippen molar-refractivity contribution in [1.29, 1.82) is 0 Å². The molecule has 0 atom stereocenters. The number of aryl methyl sites for hydroxylation is 1. The van der Waals surface area contributed by atoms with E-state index >= 15 is 0 Å². The highest BCUT2D eigenvalue weighted by atomic mass is 32.1. The van der Waals surface area contributed by atoms with Gasteiger partial charge in [0.25, 0.3) is 5.56 Å². The maximum Gasteiger partial charge on any atom is 0.310 e. The minimum atomic E-state index is -0.391. The SMILES string of the molecule is CCCCOC(=O)Cc1c(C)[nH]c(=S)[nH]c1=O. The van der Waals surface area contributed by atoms with E-state index in [1.807, 2.05) is 6.92 Å². The van der Waals surface area contributed by atoms with E-state index in [1.165, 1.54) is 0 Å². The molecule has 0 spiro atoms. The fourth-order valence-corrected chi connectivity index (χ4v) is 1.61. The Morgan fingerprint density at radius 3 is 2.71 bits per heavy atom. The lowest BCUT2D eigenvalue weighted by Gasteiger charge is -2.05.